The zero-order valence-electron chi connectivity index (χ0n) is 13.3. The first-order chi connectivity index (χ1) is 10.5. The van der Waals surface area contributed by atoms with Crippen LogP contribution in [0.15, 0.2) is 22.6 Å². The maximum Gasteiger partial charge on any atom is 0.262 e. The smallest absolute Gasteiger partial charge is 0.262 e. The van der Waals surface area contributed by atoms with Crippen LogP contribution in [-0.2, 0) is 11.3 Å². The Hall–Kier alpha value is -1.69. The van der Waals surface area contributed by atoms with Crippen LogP contribution in [-0.4, -0.2) is 21.5 Å². The van der Waals surface area contributed by atoms with Crippen molar-refractivity contribution in [1.82, 2.24) is 14.9 Å². The van der Waals surface area contributed by atoms with Crippen molar-refractivity contribution in [3.63, 3.8) is 0 Å². The van der Waals surface area contributed by atoms with Crippen molar-refractivity contribution in [1.29, 1.82) is 0 Å². The van der Waals surface area contributed by atoms with Gasteiger partial charge in [-0.2, -0.15) is 0 Å². The predicted molar refractivity (Wildman–Crippen MR) is 90.2 cm³/mol. The predicted octanol–water partition coefficient (Wildman–Crippen LogP) is 2.79. The minimum absolute atomic E-state index is 0.0200. The van der Waals surface area contributed by atoms with Gasteiger partial charge in [0.1, 0.15) is 11.4 Å². The second kappa shape index (κ2) is 7.54. The summed E-state index contributed by atoms with van der Waals surface area (Å²) in [7, 11) is 0. The van der Waals surface area contributed by atoms with Gasteiger partial charge in [0.05, 0.1) is 11.7 Å². The summed E-state index contributed by atoms with van der Waals surface area (Å²) in [5.74, 6) is 0.542. The molecule has 0 saturated heterocycles. The van der Waals surface area contributed by atoms with E-state index in [1.54, 1.807) is 6.07 Å². The molecule has 2 rings (SSSR count). The molecule has 1 amide bonds. The topological polar surface area (TPSA) is 64.0 Å². The van der Waals surface area contributed by atoms with Crippen molar-refractivity contribution >= 4 is 27.5 Å². The van der Waals surface area contributed by atoms with E-state index in [1.807, 2.05) is 12.3 Å². The number of amides is 1. The van der Waals surface area contributed by atoms with Gasteiger partial charge in [-0.05, 0) is 30.7 Å². The van der Waals surface area contributed by atoms with E-state index in [0.717, 1.165) is 12.8 Å². The third kappa shape index (κ3) is 4.40. The van der Waals surface area contributed by atoms with Crippen molar-refractivity contribution in [3.05, 3.63) is 28.1 Å². The van der Waals surface area contributed by atoms with Crippen LogP contribution < -0.4 is 10.9 Å². The summed E-state index contributed by atoms with van der Waals surface area (Å²) in [6.45, 7) is 6.42. The Bertz CT molecular complexity index is 690. The van der Waals surface area contributed by atoms with Gasteiger partial charge in [-0.25, -0.2) is 4.98 Å². The van der Waals surface area contributed by atoms with Crippen molar-refractivity contribution in [3.8, 4) is 0 Å². The van der Waals surface area contributed by atoms with Crippen LogP contribution in [0, 0.1) is 5.92 Å². The minimum Gasteiger partial charge on any atom is -0.352 e. The summed E-state index contributed by atoms with van der Waals surface area (Å²) < 4.78 is 1.37. The molecule has 0 aliphatic heterocycles. The number of hydrogen-bond donors (Lipinski definition) is 1. The standard InChI is InChI=1S/C16H23N3O2S/c1-11(2)5-4-6-12(3)18-14(20)9-19-10-17-15-13(16(19)21)7-8-22-15/h7-8,10-12H,4-6,9H2,1-3H3,(H,18,20)/t12-/m0/s1. The van der Waals surface area contributed by atoms with E-state index in [1.165, 1.54) is 28.7 Å². The molecule has 1 N–H and O–H groups in total. The molecule has 0 radical (unpaired) electrons. The van der Waals surface area contributed by atoms with Crippen LogP contribution in [0.4, 0.5) is 0 Å². The molecule has 1 atom stereocenters. The number of aromatic nitrogens is 2. The summed E-state index contributed by atoms with van der Waals surface area (Å²) in [5, 5.41) is 5.36. The average Bonchev–Trinajstić information content (AvgIpc) is 2.90. The van der Waals surface area contributed by atoms with Crippen LogP contribution in [0.1, 0.15) is 40.0 Å². The van der Waals surface area contributed by atoms with Gasteiger partial charge < -0.3 is 5.32 Å². The van der Waals surface area contributed by atoms with Gasteiger partial charge in [-0.15, -0.1) is 11.3 Å². The molecule has 0 fully saturated rings. The third-order valence-electron chi connectivity index (χ3n) is 3.59. The van der Waals surface area contributed by atoms with E-state index >= 15 is 0 Å². The molecule has 0 unspecified atom stereocenters. The van der Waals surface area contributed by atoms with Crippen molar-refractivity contribution < 1.29 is 4.79 Å². The van der Waals surface area contributed by atoms with Crippen molar-refractivity contribution in [2.75, 3.05) is 0 Å². The summed E-state index contributed by atoms with van der Waals surface area (Å²) in [4.78, 5) is 29.2. The Morgan fingerprint density at radius 2 is 2.14 bits per heavy atom. The Balaban J connectivity index is 1.90. The molecule has 2 heterocycles. The highest BCUT2D eigenvalue weighted by atomic mass is 32.1. The number of carbonyl (C=O) groups is 1. The molecule has 0 aliphatic carbocycles. The first-order valence-electron chi connectivity index (χ1n) is 7.69. The van der Waals surface area contributed by atoms with Gasteiger partial charge in [0, 0.05) is 6.04 Å². The fraction of sp³-hybridized carbons (Fsp3) is 0.562. The number of carbonyl (C=O) groups excluding carboxylic acids is 1. The second-order valence-corrected chi connectivity index (χ2v) is 7.00. The van der Waals surface area contributed by atoms with Crippen LogP contribution in [0.5, 0.6) is 0 Å². The molecule has 5 nitrogen and oxygen atoms in total. The number of thiophene rings is 1. The highest BCUT2D eigenvalue weighted by Crippen LogP contribution is 2.13. The number of nitrogens with zero attached hydrogens (tertiary/aromatic N) is 2. The van der Waals surface area contributed by atoms with E-state index in [9.17, 15) is 9.59 Å². The third-order valence-corrected chi connectivity index (χ3v) is 4.41. The lowest BCUT2D eigenvalue weighted by Crippen LogP contribution is -2.37. The summed E-state index contributed by atoms with van der Waals surface area (Å²) in [5.41, 5.74) is -0.158. The molecule has 0 spiro atoms. The maximum absolute atomic E-state index is 12.2. The zero-order chi connectivity index (χ0) is 16.1. The molecular formula is C16H23N3O2S. The molecule has 2 aromatic rings. The normalized spacial score (nSPS) is 12.7. The Kier molecular flexibility index (Phi) is 5.71. The minimum atomic E-state index is -0.158. The first-order valence-corrected chi connectivity index (χ1v) is 8.57. The largest absolute Gasteiger partial charge is 0.352 e. The van der Waals surface area contributed by atoms with Crippen LogP contribution in [0.3, 0.4) is 0 Å². The lowest BCUT2D eigenvalue weighted by atomic mass is 10.0. The zero-order valence-corrected chi connectivity index (χ0v) is 14.2. The first kappa shape index (κ1) is 16.7. The van der Waals surface area contributed by atoms with Gasteiger partial charge in [-0.1, -0.05) is 26.7 Å². The Morgan fingerprint density at radius 1 is 1.36 bits per heavy atom. The van der Waals surface area contributed by atoms with Crippen molar-refractivity contribution in [2.24, 2.45) is 5.92 Å². The maximum atomic E-state index is 12.2. The van der Waals surface area contributed by atoms with Crippen LogP contribution in [0.25, 0.3) is 10.2 Å². The van der Waals surface area contributed by atoms with E-state index in [2.05, 4.69) is 24.1 Å². The Labute approximate surface area is 134 Å². The number of rotatable bonds is 7. The van der Waals surface area contributed by atoms with E-state index in [-0.39, 0.29) is 24.1 Å². The summed E-state index contributed by atoms with van der Waals surface area (Å²) in [6.07, 6.45) is 4.67. The van der Waals surface area contributed by atoms with Gasteiger partial charge in [0.25, 0.3) is 5.56 Å². The Morgan fingerprint density at radius 3 is 2.86 bits per heavy atom. The molecule has 0 aromatic carbocycles. The van der Waals surface area contributed by atoms with Gasteiger partial charge in [0.2, 0.25) is 5.91 Å². The second-order valence-electron chi connectivity index (χ2n) is 6.11. The lowest BCUT2D eigenvalue weighted by Gasteiger charge is -2.15. The summed E-state index contributed by atoms with van der Waals surface area (Å²) in [6, 6.07) is 1.87. The molecular weight excluding hydrogens is 298 g/mol. The summed E-state index contributed by atoms with van der Waals surface area (Å²) >= 11 is 1.43. The number of hydrogen-bond acceptors (Lipinski definition) is 4. The van der Waals surface area contributed by atoms with Gasteiger partial charge in [0.15, 0.2) is 0 Å². The van der Waals surface area contributed by atoms with Gasteiger partial charge in [-0.3, -0.25) is 14.2 Å². The highest BCUT2D eigenvalue weighted by molar-refractivity contribution is 7.16. The highest BCUT2D eigenvalue weighted by Gasteiger charge is 2.11. The number of nitrogens with one attached hydrogen (secondary N) is 1. The lowest BCUT2D eigenvalue weighted by molar-refractivity contribution is -0.122. The van der Waals surface area contributed by atoms with Crippen LogP contribution >= 0.6 is 11.3 Å². The van der Waals surface area contributed by atoms with E-state index in [0.29, 0.717) is 16.1 Å². The molecule has 0 saturated carbocycles. The molecule has 2 aromatic heterocycles. The molecule has 22 heavy (non-hydrogen) atoms. The van der Waals surface area contributed by atoms with Crippen LogP contribution in [0.2, 0.25) is 0 Å². The van der Waals surface area contributed by atoms with Gasteiger partial charge >= 0.3 is 0 Å². The molecule has 0 bridgehead atoms. The quantitative estimate of drug-likeness (QED) is 0.853. The van der Waals surface area contributed by atoms with E-state index in [4.69, 9.17) is 0 Å². The molecule has 0 aliphatic rings. The molecule has 120 valence electrons. The van der Waals surface area contributed by atoms with E-state index < -0.39 is 0 Å². The fourth-order valence-corrected chi connectivity index (χ4v) is 3.11. The molecule has 6 heteroatoms. The fourth-order valence-electron chi connectivity index (χ4n) is 2.39. The number of fused-ring (bicyclic) bond motifs is 1. The SMILES string of the molecule is CC(C)CCC[C@H](C)NC(=O)Cn1cnc2sccc2c1=O. The monoisotopic (exact) mass is 321 g/mol. The average molecular weight is 321 g/mol. The van der Waals surface area contributed by atoms with Crippen molar-refractivity contribution in [2.45, 2.75) is 52.6 Å².